The number of pyridine rings is 2. The third-order valence-corrected chi connectivity index (χ3v) is 6.43. The van der Waals surface area contributed by atoms with Gasteiger partial charge in [-0.2, -0.15) is 5.10 Å². The molecule has 6 nitrogen and oxygen atoms in total. The van der Waals surface area contributed by atoms with Gasteiger partial charge >= 0.3 is 0 Å². The molecule has 1 aromatic carbocycles. The van der Waals surface area contributed by atoms with Crippen molar-refractivity contribution in [2.24, 2.45) is 0 Å². The molecule has 0 aliphatic rings. The Labute approximate surface area is 181 Å². The molecule has 0 fully saturated rings. The van der Waals surface area contributed by atoms with Gasteiger partial charge in [-0.05, 0) is 43.3 Å². The average Bonchev–Trinajstić information content (AvgIpc) is 3.50. The molecule has 31 heavy (non-hydrogen) atoms. The minimum atomic E-state index is 0.110. The van der Waals surface area contributed by atoms with E-state index in [1.165, 1.54) is 26.9 Å². The number of aromatic hydroxyl groups is 1. The van der Waals surface area contributed by atoms with Crippen molar-refractivity contribution in [3.8, 4) is 38.8 Å². The Bertz CT molecular complexity index is 1580. The molecule has 6 aromatic rings. The lowest BCUT2D eigenvalue weighted by atomic mass is 10.1. The minimum Gasteiger partial charge on any atom is -0.506 e. The molecule has 0 amide bonds. The summed E-state index contributed by atoms with van der Waals surface area (Å²) in [6.07, 6.45) is 4.85. The number of nitrogens with one attached hydrogen (secondary N) is 2. The van der Waals surface area contributed by atoms with Crippen LogP contribution in [0.25, 0.3) is 54.9 Å². The zero-order valence-corrected chi connectivity index (χ0v) is 17.4. The molecule has 7 heteroatoms. The van der Waals surface area contributed by atoms with E-state index in [0.717, 1.165) is 39.1 Å². The van der Waals surface area contributed by atoms with E-state index in [4.69, 9.17) is 0 Å². The van der Waals surface area contributed by atoms with Gasteiger partial charge in [0.15, 0.2) is 0 Å². The first-order chi connectivity index (χ1) is 15.2. The first-order valence-electron chi connectivity index (χ1n) is 9.83. The van der Waals surface area contributed by atoms with Gasteiger partial charge in [-0.25, -0.2) is 0 Å². The smallest absolute Gasteiger partial charge is 0.134 e. The molecule has 5 heterocycles. The van der Waals surface area contributed by atoms with E-state index in [0.29, 0.717) is 0 Å². The summed E-state index contributed by atoms with van der Waals surface area (Å²) in [5.41, 5.74) is 6.38. The number of benzene rings is 1. The SMILES string of the molecule is Cc1ccc(-c2cccc3[nH]c(-c4n[nH]c5cnc(-c6cncc(O)c6)cc45)cc23)s1. The molecule has 0 spiro atoms. The lowest BCUT2D eigenvalue weighted by molar-refractivity contribution is 0.473. The van der Waals surface area contributed by atoms with Gasteiger partial charge in [-0.15, -0.1) is 11.3 Å². The van der Waals surface area contributed by atoms with Crippen LogP contribution in [0.3, 0.4) is 0 Å². The van der Waals surface area contributed by atoms with Crippen molar-refractivity contribution in [1.29, 1.82) is 0 Å². The summed E-state index contributed by atoms with van der Waals surface area (Å²) in [6, 6.07) is 16.4. The van der Waals surface area contributed by atoms with Crippen LogP contribution >= 0.6 is 11.3 Å². The van der Waals surface area contributed by atoms with E-state index >= 15 is 0 Å². The van der Waals surface area contributed by atoms with E-state index in [1.807, 2.05) is 6.07 Å². The van der Waals surface area contributed by atoms with E-state index in [-0.39, 0.29) is 5.75 Å². The highest BCUT2D eigenvalue weighted by atomic mass is 32.1. The molecule has 0 aliphatic heterocycles. The number of nitrogens with zero attached hydrogens (tertiary/aromatic N) is 3. The van der Waals surface area contributed by atoms with Gasteiger partial charge in [0.25, 0.3) is 0 Å². The van der Waals surface area contributed by atoms with Crippen LogP contribution in [0.2, 0.25) is 0 Å². The van der Waals surface area contributed by atoms with Gasteiger partial charge in [0.1, 0.15) is 11.4 Å². The Hall–Kier alpha value is -3.97. The number of rotatable bonds is 3. The highest BCUT2D eigenvalue weighted by Gasteiger charge is 2.15. The summed E-state index contributed by atoms with van der Waals surface area (Å²) < 4.78 is 0. The molecule has 0 saturated carbocycles. The van der Waals surface area contributed by atoms with Gasteiger partial charge in [-0.1, -0.05) is 12.1 Å². The molecule has 0 radical (unpaired) electrons. The second-order valence-corrected chi connectivity index (χ2v) is 8.77. The van der Waals surface area contributed by atoms with Crippen LogP contribution < -0.4 is 0 Å². The number of thiophene rings is 1. The molecule has 0 aliphatic carbocycles. The normalized spacial score (nSPS) is 11.5. The molecule has 150 valence electrons. The Kier molecular flexibility index (Phi) is 3.91. The largest absolute Gasteiger partial charge is 0.506 e. The lowest BCUT2D eigenvalue weighted by Gasteiger charge is -2.01. The second kappa shape index (κ2) is 6.78. The number of aryl methyl sites for hydroxylation is 1. The van der Waals surface area contributed by atoms with Crippen LogP contribution in [0.1, 0.15) is 4.88 Å². The fourth-order valence-electron chi connectivity index (χ4n) is 3.92. The predicted octanol–water partition coefficient (Wildman–Crippen LogP) is 5.91. The van der Waals surface area contributed by atoms with Crippen LogP contribution in [0.15, 0.2) is 67.1 Å². The van der Waals surface area contributed by atoms with Crippen LogP contribution in [0, 0.1) is 6.92 Å². The maximum atomic E-state index is 9.77. The van der Waals surface area contributed by atoms with Crippen molar-refractivity contribution in [2.45, 2.75) is 6.92 Å². The topological polar surface area (TPSA) is 90.5 Å². The van der Waals surface area contributed by atoms with Crippen molar-refractivity contribution in [3.63, 3.8) is 0 Å². The van der Waals surface area contributed by atoms with E-state index in [1.54, 1.807) is 29.8 Å². The summed E-state index contributed by atoms with van der Waals surface area (Å²) in [5.74, 6) is 0.110. The lowest BCUT2D eigenvalue weighted by Crippen LogP contribution is -1.85. The zero-order chi connectivity index (χ0) is 20.9. The first-order valence-corrected chi connectivity index (χ1v) is 10.6. The van der Waals surface area contributed by atoms with Gasteiger partial charge in [-0.3, -0.25) is 15.1 Å². The molecule has 0 saturated heterocycles. The van der Waals surface area contributed by atoms with Crippen molar-refractivity contribution in [3.05, 3.63) is 72.0 Å². The molecule has 0 atom stereocenters. The molecule has 6 rings (SSSR count). The standard InChI is InChI=1S/C24H17N5OS/c1-13-5-6-23(31-13)16-3-2-4-19-17(16)8-21(27-19)24-18-9-20(26-12-22(18)28-29-24)14-7-15(30)11-25-10-14/h2-12,27,30H,1H3,(H,28,29). The summed E-state index contributed by atoms with van der Waals surface area (Å²) >= 11 is 1.80. The van der Waals surface area contributed by atoms with Crippen molar-refractivity contribution in [1.82, 2.24) is 25.1 Å². The minimum absolute atomic E-state index is 0.110. The molecule has 3 N–H and O–H groups in total. The van der Waals surface area contributed by atoms with E-state index in [2.05, 4.69) is 68.5 Å². The van der Waals surface area contributed by atoms with Crippen LogP contribution in [0.4, 0.5) is 0 Å². The number of aromatic nitrogens is 5. The number of H-pyrrole nitrogens is 2. The predicted molar refractivity (Wildman–Crippen MR) is 124 cm³/mol. The quantitative estimate of drug-likeness (QED) is 0.330. The molecular formula is C24H17N5OS. The Morgan fingerprint density at radius 1 is 0.935 bits per heavy atom. The van der Waals surface area contributed by atoms with Gasteiger partial charge in [0.05, 0.1) is 29.3 Å². The van der Waals surface area contributed by atoms with Gasteiger partial charge in [0.2, 0.25) is 0 Å². The van der Waals surface area contributed by atoms with Gasteiger partial charge < -0.3 is 10.1 Å². The fraction of sp³-hybridized carbons (Fsp3) is 0.0417. The van der Waals surface area contributed by atoms with E-state index in [9.17, 15) is 5.11 Å². The maximum absolute atomic E-state index is 9.77. The van der Waals surface area contributed by atoms with E-state index < -0.39 is 0 Å². The van der Waals surface area contributed by atoms with Crippen LogP contribution in [-0.4, -0.2) is 30.3 Å². The third kappa shape index (κ3) is 2.98. The number of aromatic amines is 2. The summed E-state index contributed by atoms with van der Waals surface area (Å²) in [4.78, 5) is 14.6. The highest BCUT2D eigenvalue weighted by molar-refractivity contribution is 7.15. The number of fused-ring (bicyclic) bond motifs is 2. The Balaban J connectivity index is 1.51. The highest BCUT2D eigenvalue weighted by Crippen LogP contribution is 2.37. The Morgan fingerprint density at radius 2 is 1.87 bits per heavy atom. The fourth-order valence-corrected chi connectivity index (χ4v) is 4.83. The van der Waals surface area contributed by atoms with Crippen LogP contribution in [-0.2, 0) is 0 Å². The Morgan fingerprint density at radius 3 is 2.71 bits per heavy atom. The molecule has 0 unspecified atom stereocenters. The summed E-state index contributed by atoms with van der Waals surface area (Å²) in [7, 11) is 0. The zero-order valence-electron chi connectivity index (χ0n) is 16.5. The first kappa shape index (κ1) is 17.9. The van der Waals surface area contributed by atoms with Crippen LogP contribution in [0.5, 0.6) is 5.75 Å². The van der Waals surface area contributed by atoms with Crippen molar-refractivity contribution >= 4 is 33.1 Å². The molecule has 0 bridgehead atoms. The van der Waals surface area contributed by atoms with Crippen molar-refractivity contribution in [2.75, 3.05) is 0 Å². The van der Waals surface area contributed by atoms with Crippen molar-refractivity contribution < 1.29 is 5.11 Å². The average molecular weight is 424 g/mol. The number of hydrogen-bond acceptors (Lipinski definition) is 5. The maximum Gasteiger partial charge on any atom is 0.134 e. The second-order valence-electron chi connectivity index (χ2n) is 7.48. The monoisotopic (exact) mass is 423 g/mol. The summed E-state index contributed by atoms with van der Waals surface area (Å²) in [5, 5.41) is 19.5. The third-order valence-electron chi connectivity index (χ3n) is 5.39. The summed E-state index contributed by atoms with van der Waals surface area (Å²) in [6.45, 7) is 2.13. The van der Waals surface area contributed by atoms with Gasteiger partial charge in [0, 0.05) is 43.4 Å². The number of hydrogen-bond donors (Lipinski definition) is 3. The molecule has 5 aromatic heterocycles. The molecular weight excluding hydrogens is 406 g/mol.